The molecule has 172 valence electrons. The van der Waals surface area contributed by atoms with Crippen molar-refractivity contribution in [3.05, 3.63) is 83.0 Å². The normalized spacial score (nSPS) is 17.2. The number of ether oxygens (including phenoxy) is 1. The molecule has 0 spiro atoms. The molecule has 2 aliphatic heterocycles. The number of nitrogens with one attached hydrogen (secondary N) is 1. The van der Waals surface area contributed by atoms with E-state index >= 15 is 0 Å². The highest BCUT2D eigenvalue weighted by Crippen LogP contribution is 2.26. The second-order valence-electron chi connectivity index (χ2n) is 7.88. The fourth-order valence-electron chi connectivity index (χ4n) is 3.81. The molecule has 0 radical (unpaired) electrons. The van der Waals surface area contributed by atoms with E-state index in [4.69, 9.17) is 4.74 Å². The van der Waals surface area contributed by atoms with E-state index in [1.807, 2.05) is 30.3 Å². The summed E-state index contributed by atoms with van der Waals surface area (Å²) in [7, 11) is 0. The highest BCUT2D eigenvalue weighted by molar-refractivity contribution is 8.18. The van der Waals surface area contributed by atoms with Crippen LogP contribution in [0, 0.1) is 0 Å². The van der Waals surface area contributed by atoms with Gasteiger partial charge in [0.25, 0.3) is 11.1 Å². The lowest BCUT2D eigenvalue weighted by atomic mass is 10.2. The van der Waals surface area contributed by atoms with Crippen molar-refractivity contribution in [2.24, 2.45) is 0 Å². The van der Waals surface area contributed by atoms with Gasteiger partial charge in [0, 0.05) is 38.1 Å². The third-order valence-corrected chi connectivity index (χ3v) is 6.41. The van der Waals surface area contributed by atoms with Crippen molar-refractivity contribution in [1.29, 1.82) is 0 Å². The first-order valence-electron chi connectivity index (χ1n) is 11.0. The summed E-state index contributed by atoms with van der Waals surface area (Å²) in [6, 6.07) is 20.0. The molecule has 3 aromatic rings. The molecule has 2 aromatic carbocycles. The number of anilines is 2. The van der Waals surface area contributed by atoms with E-state index in [9.17, 15) is 9.59 Å². The Balaban J connectivity index is 1.17. The number of imide groups is 1. The number of carbonyl (C=O) groups is 2. The van der Waals surface area contributed by atoms with Crippen LogP contribution in [0.25, 0.3) is 6.08 Å². The zero-order valence-corrected chi connectivity index (χ0v) is 19.2. The first kappa shape index (κ1) is 22.0. The number of hydrogen-bond acceptors (Lipinski definition) is 8. The number of benzene rings is 2. The molecule has 9 heteroatoms. The zero-order valence-electron chi connectivity index (χ0n) is 18.4. The predicted octanol–water partition coefficient (Wildman–Crippen LogP) is 3.71. The van der Waals surface area contributed by atoms with Gasteiger partial charge in [-0.3, -0.25) is 14.9 Å². The lowest BCUT2D eigenvalue weighted by Crippen LogP contribution is -2.47. The molecule has 2 amide bonds. The van der Waals surface area contributed by atoms with Gasteiger partial charge in [0.2, 0.25) is 5.95 Å². The summed E-state index contributed by atoms with van der Waals surface area (Å²) in [5.74, 6) is 1.08. The Bertz CT molecular complexity index is 1210. The second-order valence-corrected chi connectivity index (χ2v) is 8.89. The van der Waals surface area contributed by atoms with Gasteiger partial charge < -0.3 is 14.5 Å². The molecule has 2 aliphatic rings. The highest BCUT2D eigenvalue weighted by atomic mass is 32.2. The van der Waals surface area contributed by atoms with Crippen molar-refractivity contribution in [1.82, 2.24) is 15.3 Å². The Morgan fingerprint density at radius 2 is 1.68 bits per heavy atom. The van der Waals surface area contributed by atoms with Gasteiger partial charge in [0.1, 0.15) is 12.4 Å². The number of thioether (sulfide) groups is 1. The maximum Gasteiger partial charge on any atom is 0.290 e. The first-order chi connectivity index (χ1) is 16.6. The van der Waals surface area contributed by atoms with Gasteiger partial charge in [0.15, 0.2) is 0 Å². The topological polar surface area (TPSA) is 87.7 Å². The third-order valence-electron chi connectivity index (χ3n) is 5.60. The Morgan fingerprint density at radius 1 is 0.941 bits per heavy atom. The molecule has 0 atom stereocenters. The molecule has 2 saturated heterocycles. The van der Waals surface area contributed by atoms with E-state index in [0.717, 1.165) is 54.9 Å². The standard InChI is InChI=1S/C25H23N5O3S/c31-23-22(34-25(32)28-23)16-19-10-11-26-24(27-19)30-14-12-29(13-15-30)20-6-8-21(9-7-20)33-17-18-4-2-1-3-5-18/h1-11,16H,12-15,17H2,(H,28,31,32)/b22-16+. The molecule has 1 N–H and O–H groups in total. The lowest BCUT2D eigenvalue weighted by molar-refractivity contribution is -0.115. The summed E-state index contributed by atoms with van der Waals surface area (Å²) in [5.41, 5.74) is 2.90. The van der Waals surface area contributed by atoms with E-state index in [2.05, 4.69) is 49.4 Å². The van der Waals surface area contributed by atoms with Gasteiger partial charge in [-0.15, -0.1) is 0 Å². The number of amides is 2. The Hall–Kier alpha value is -3.85. The van der Waals surface area contributed by atoms with Crippen LogP contribution in [0.5, 0.6) is 5.75 Å². The third kappa shape index (κ3) is 5.20. The molecule has 2 fully saturated rings. The fourth-order valence-corrected chi connectivity index (χ4v) is 4.48. The molecular formula is C25H23N5O3S. The number of aromatic nitrogens is 2. The van der Waals surface area contributed by atoms with Crippen LogP contribution in [-0.2, 0) is 11.4 Å². The summed E-state index contributed by atoms with van der Waals surface area (Å²) in [6.07, 6.45) is 3.29. The number of piperazine rings is 1. The summed E-state index contributed by atoms with van der Waals surface area (Å²) in [4.78, 5) is 36.9. The highest BCUT2D eigenvalue weighted by Gasteiger charge is 2.25. The number of hydrogen-bond donors (Lipinski definition) is 1. The van der Waals surface area contributed by atoms with E-state index in [0.29, 0.717) is 23.2 Å². The minimum Gasteiger partial charge on any atom is -0.489 e. The maximum atomic E-state index is 11.8. The van der Waals surface area contributed by atoms with Crippen molar-refractivity contribution < 1.29 is 14.3 Å². The quantitative estimate of drug-likeness (QED) is 0.542. The van der Waals surface area contributed by atoms with Crippen molar-refractivity contribution in [2.75, 3.05) is 36.0 Å². The summed E-state index contributed by atoms with van der Waals surface area (Å²) in [5, 5.41) is 1.89. The molecule has 8 nitrogen and oxygen atoms in total. The summed E-state index contributed by atoms with van der Waals surface area (Å²) < 4.78 is 5.89. The predicted molar refractivity (Wildman–Crippen MR) is 133 cm³/mol. The van der Waals surface area contributed by atoms with Crippen LogP contribution >= 0.6 is 11.8 Å². The number of nitrogens with zero attached hydrogens (tertiary/aromatic N) is 4. The van der Waals surface area contributed by atoms with Crippen LogP contribution in [0.2, 0.25) is 0 Å². The van der Waals surface area contributed by atoms with Gasteiger partial charge in [-0.2, -0.15) is 0 Å². The molecule has 3 heterocycles. The lowest BCUT2D eigenvalue weighted by Gasteiger charge is -2.36. The molecule has 0 aliphatic carbocycles. The molecular weight excluding hydrogens is 450 g/mol. The molecule has 0 saturated carbocycles. The van der Waals surface area contributed by atoms with Gasteiger partial charge in [-0.25, -0.2) is 9.97 Å². The van der Waals surface area contributed by atoms with Crippen LogP contribution in [0.15, 0.2) is 71.8 Å². The SMILES string of the molecule is O=C1NC(=O)/C(=C\c2ccnc(N3CCN(c4ccc(OCc5ccccc5)cc4)CC3)n2)S1. The fraction of sp³-hybridized carbons (Fsp3) is 0.200. The zero-order chi connectivity index (χ0) is 23.3. The Kier molecular flexibility index (Phi) is 6.44. The van der Waals surface area contributed by atoms with Crippen molar-refractivity contribution in [2.45, 2.75) is 6.61 Å². The second kappa shape index (κ2) is 9.96. The number of rotatable bonds is 6. The van der Waals surface area contributed by atoms with Gasteiger partial charge in [-0.1, -0.05) is 30.3 Å². The molecule has 0 unspecified atom stereocenters. The largest absolute Gasteiger partial charge is 0.489 e. The van der Waals surface area contributed by atoms with Gasteiger partial charge in [0.05, 0.1) is 10.6 Å². The van der Waals surface area contributed by atoms with E-state index < -0.39 is 0 Å². The van der Waals surface area contributed by atoms with Crippen LogP contribution in [0.4, 0.5) is 16.4 Å². The molecule has 0 bridgehead atoms. The molecule has 5 rings (SSSR count). The Morgan fingerprint density at radius 3 is 2.38 bits per heavy atom. The maximum absolute atomic E-state index is 11.8. The monoisotopic (exact) mass is 473 g/mol. The van der Waals surface area contributed by atoms with Gasteiger partial charge in [-0.05, 0) is 53.7 Å². The summed E-state index contributed by atoms with van der Waals surface area (Å²) in [6.45, 7) is 3.78. The van der Waals surface area contributed by atoms with Crippen molar-refractivity contribution in [3.63, 3.8) is 0 Å². The minimum atomic E-state index is -0.389. The van der Waals surface area contributed by atoms with Gasteiger partial charge >= 0.3 is 0 Å². The summed E-state index contributed by atoms with van der Waals surface area (Å²) >= 11 is 0.882. The average Bonchev–Trinajstić information content (AvgIpc) is 3.20. The molecule has 1 aromatic heterocycles. The van der Waals surface area contributed by atoms with Crippen LogP contribution in [0.3, 0.4) is 0 Å². The number of carbonyl (C=O) groups excluding carboxylic acids is 2. The van der Waals surface area contributed by atoms with Crippen LogP contribution in [0.1, 0.15) is 11.3 Å². The Labute approximate surface area is 201 Å². The van der Waals surface area contributed by atoms with Crippen LogP contribution in [-0.4, -0.2) is 47.3 Å². The van der Waals surface area contributed by atoms with E-state index in [-0.39, 0.29) is 11.1 Å². The first-order valence-corrected chi connectivity index (χ1v) is 11.8. The van der Waals surface area contributed by atoms with Crippen molar-refractivity contribution in [3.8, 4) is 5.75 Å². The van der Waals surface area contributed by atoms with Crippen LogP contribution < -0.4 is 19.9 Å². The molecule has 34 heavy (non-hydrogen) atoms. The van der Waals surface area contributed by atoms with Crippen molar-refractivity contribution >= 4 is 40.6 Å². The smallest absolute Gasteiger partial charge is 0.290 e. The van der Waals surface area contributed by atoms with E-state index in [1.165, 1.54) is 0 Å². The van der Waals surface area contributed by atoms with E-state index in [1.54, 1.807) is 18.3 Å². The minimum absolute atomic E-state index is 0.343. The average molecular weight is 474 g/mol.